The Morgan fingerprint density at radius 1 is 1.13 bits per heavy atom. The summed E-state index contributed by atoms with van der Waals surface area (Å²) >= 11 is 3.51. The van der Waals surface area contributed by atoms with E-state index in [9.17, 15) is 0 Å². The molecule has 0 N–H and O–H groups in total. The van der Waals surface area contributed by atoms with Gasteiger partial charge >= 0.3 is 0 Å². The molecule has 0 amide bonds. The lowest BCUT2D eigenvalue weighted by atomic mass is 9.89. The maximum absolute atomic E-state index is 5.99. The average Bonchev–Trinajstić information content (AvgIpc) is 2.25. The first-order valence-electron chi connectivity index (χ1n) is 5.67. The Morgan fingerprint density at radius 2 is 1.80 bits per heavy atom. The number of benzene rings is 1. The van der Waals surface area contributed by atoms with Gasteiger partial charge in [0.1, 0.15) is 5.75 Å². The molecule has 0 bridgehead atoms. The maximum atomic E-state index is 5.99. The zero-order valence-electron chi connectivity index (χ0n) is 9.08. The van der Waals surface area contributed by atoms with Crippen LogP contribution >= 0.6 is 15.9 Å². The van der Waals surface area contributed by atoms with Gasteiger partial charge in [-0.2, -0.15) is 0 Å². The number of hydrogen-bond donors (Lipinski definition) is 0. The Kier molecular flexibility index (Phi) is 3.68. The van der Waals surface area contributed by atoms with E-state index in [4.69, 9.17) is 4.74 Å². The molecule has 2 heteroatoms. The van der Waals surface area contributed by atoms with Gasteiger partial charge in [-0.1, -0.05) is 19.1 Å². The fourth-order valence-electron chi connectivity index (χ4n) is 2.07. The number of ether oxygens (including phenoxy) is 1. The van der Waals surface area contributed by atoms with E-state index in [2.05, 4.69) is 22.9 Å². The minimum atomic E-state index is 0.417. The summed E-state index contributed by atoms with van der Waals surface area (Å²) in [5, 5.41) is 0. The predicted octanol–water partition coefficient (Wildman–Crippen LogP) is 4.41. The van der Waals surface area contributed by atoms with E-state index in [1.54, 1.807) is 0 Å². The molecule has 0 heterocycles. The van der Waals surface area contributed by atoms with Crippen molar-refractivity contribution in [1.82, 2.24) is 0 Å². The fraction of sp³-hybridized carbons (Fsp3) is 0.538. The topological polar surface area (TPSA) is 9.23 Å². The van der Waals surface area contributed by atoms with E-state index in [0.717, 1.165) is 16.1 Å². The van der Waals surface area contributed by atoms with Crippen molar-refractivity contribution in [3.8, 4) is 5.75 Å². The number of rotatable bonds is 2. The molecule has 0 spiro atoms. The zero-order chi connectivity index (χ0) is 10.7. The molecular formula is C13H17BrO. The summed E-state index contributed by atoms with van der Waals surface area (Å²) in [4.78, 5) is 0. The van der Waals surface area contributed by atoms with Gasteiger partial charge < -0.3 is 4.74 Å². The predicted molar refractivity (Wildman–Crippen MR) is 66.2 cm³/mol. The maximum Gasteiger partial charge on any atom is 0.133 e. The zero-order valence-corrected chi connectivity index (χ0v) is 10.7. The molecule has 0 unspecified atom stereocenters. The highest BCUT2D eigenvalue weighted by Gasteiger charge is 2.19. The highest BCUT2D eigenvalue weighted by Crippen LogP contribution is 2.30. The molecule has 1 aromatic rings. The molecule has 1 fully saturated rings. The van der Waals surface area contributed by atoms with Gasteiger partial charge in [0, 0.05) is 0 Å². The van der Waals surface area contributed by atoms with Crippen LogP contribution in [0, 0.1) is 5.92 Å². The largest absolute Gasteiger partial charge is 0.489 e. The Hall–Kier alpha value is -0.500. The molecule has 0 aromatic heterocycles. The monoisotopic (exact) mass is 268 g/mol. The molecule has 0 saturated heterocycles. The van der Waals surface area contributed by atoms with Crippen molar-refractivity contribution in [2.45, 2.75) is 38.7 Å². The summed E-state index contributed by atoms with van der Waals surface area (Å²) in [6.07, 6.45) is 5.41. The fourth-order valence-corrected chi connectivity index (χ4v) is 2.45. The first-order valence-corrected chi connectivity index (χ1v) is 6.46. The van der Waals surface area contributed by atoms with Crippen LogP contribution in [0.5, 0.6) is 5.75 Å². The van der Waals surface area contributed by atoms with E-state index in [1.165, 1.54) is 25.7 Å². The molecule has 82 valence electrons. The van der Waals surface area contributed by atoms with Crippen molar-refractivity contribution in [3.05, 3.63) is 28.7 Å². The van der Waals surface area contributed by atoms with Crippen LogP contribution in [-0.2, 0) is 0 Å². The van der Waals surface area contributed by atoms with Crippen molar-refractivity contribution in [3.63, 3.8) is 0 Å². The summed E-state index contributed by atoms with van der Waals surface area (Å²) < 4.78 is 7.05. The summed E-state index contributed by atoms with van der Waals surface area (Å²) in [5.41, 5.74) is 0. The van der Waals surface area contributed by atoms with E-state index < -0.39 is 0 Å². The van der Waals surface area contributed by atoms with Gasteiger partial charge in [-0.25, -0.2) is 0 Å². The van der Waals surface area contributed by atoms with E-state index in [1.807, 2.05) is 24.3 Å². The summed E-state index contributed by atoms with van der Waals surface area (Å²) in [5.74, 6) is 1.86. The van der Waals surface area contributed by atoms with Crippen LogP contribution in [0.2, 0.25) is 0 Å². The smallest absolute Gasteiger partial charge is 0.133 e. The summed E-state index contributed by atoms with van der Waals surface area (Å²) in [6, 6.07) is 8.09. The molecule has 1 saturated carbocycles. The van der Waals surface area contributed by atoms with Crippen LogP contribution in [0.25, 0.3) is 0 Å². The first kappa shape index (κ1) is 11.0. The SMILES string of the molecule is CC1CCC(Oc2ccccc2Br)CC1. The molecule has 0 atom stereocenters. The third kappa shape index (κ3) is 2.97. The third-order valence-electron chi connectivity index (χ3n) is 3.09. The van der Waals surface area contributed by atoms with Crippen molar-refractivity contribution in [1.29, 1.82) is 0 Å². The van der Waals surface area contributed by atoms with Crippen LogP contribution in [0.15, 0.2) is 28.7 Å². The van der Waals surface area contributed by atoms with Crippen molar-refractivity contribution < 1.29 is 4.74 Å². The number of halogens is 1. The van der Waals surface area contributed by atoms with Gasteiger partial charge in [0.25, 0.3) is 0 Å². The molecule has 1 aromatic carbocycles. The Labute approximate surface area is 100.0 Å². The van der Waals surface area contributed by atoms with Crippen LogP contribution in [0.1, 0.15) is 32.6 Å². The van der Waals surface area contributed by atoms with Crippen LogP contribution < -0.4 is 4.74 Å². The highest BCUT2D eigenvalue weighted by molar-refractivity contribution is 9.10. The number of hydrogen-bond acceptors (Lipinski definition) is 1. The molecule has 1 nitrogen and oxygen atoms in total. The van der Waals surface area contributed by atoms with Crippen molar-refractivity contribution >= 4 is 15.9 Å². The highest BCUT2D eigenvalue weighted by atomic mass is 79.9. The number of para-hydroxylation sites is 1. The lowest BCUT2D eigenvalue weighted by Crippen LogP contribution is -2.23. The van der Waals surface area contributed by atoms with Crippen LogP contribution in [-0.4, -0.2) is 6.10 Å². The Balaban J connectivity index is 1.95. The third-order valence-corrected chi connectivity index (χ3v) is 3.75. The molecular weight excluding hydrogens is 252 g/mol. The minimum Gasteiger partial charge on any atom is -0.489 e. The second-order valence-corrected chi connectivity index (χ2v) is 5.28. The first-order chi connectivity index (χ1) is 7.25. The molecule has 1 aliphatic rings. The minimum absolute atomic E-state index is 0.417. The van der Waals surface area contributed by atoms with Crippen molar-refractivity contribution in [2.75, 3.05) is 0 Å². The lowest BCUT2D eigenvalue weighted by Gasteiger charge is -2.27. The normalized spacial score (nSPS) is 26.3. The van der Waals surface area contributed by atoms with E-state index in [-0.39, 0.29) is 0 Å². The average molecular weight is 269 g/mol. The summed E-state index contributed by atoms with van der Waals surface area (Å²) in [6.45, 7) is 2.33. The lowest BCUT2D eigenvalue weighted by molar-refractivity contribution is 0.134. The standard InChI is InChI=1S/C13H17BrO/c1-10-6-8-11(9-7-10)15-13-5-3-2-4-12(13)14/h2-5,10-11H,6-9H2,1H3. The van der Waals surface area contributed by atoms with Gasteiger partial charge in [-0.05, 0) is 59.7 Å². The second kappa shape index (κ2) is 5.02. The van der Waals surface area contributed by atoms with E-state index >= 15 is 0 Å². The molecule has 0 aliphatic heterocycles. The van der Waals surface area contributed by atoms with E-state index in [0.29, 0.717) is 6.10 Å². The van der Waals surface area contributed by atoms with Crippen molar-refractivity contribution in [2.24, 2.45) is 5.92 Å². The van der Waals surface area contributed by atoms with Gasteiger partial charge in [-0.15, -0.1) is 0 Å². The van der Waals surface area contributed by atoms with Gasteiger partial charge in [0.15, 0.2) is 0 Å². The van der Waals surface area contributed by atoms with Gasteiger partial charge in [0.05, 0.1) is 10.6 Å². The molecule has 1 aliphatic carbocycles. The van der Waals surface area contributed by atoms with Gasteiger partial charge in [-0.3, -0.25) is 0 Å². The second-order valence-electron chi connectivity index (χ2n) is 4.43. The van der Waals surface area contributed by atoms with Crippen LogP contribution in [0.3, 0.4) is 0 Å². The molecule has 2 rings (SSSR count). The molecule has 15 heavy (non-hydrogen) atoms. The van der Waals surface area contributed by atoms with Crippen LogP contribution in [0.4, 0.5) is 0 Å². The summed E-state index contributed by atoms with van der Waals surface area (Å²) in [7, 11) is 0. The Morgan fingerprint density at radius 3 is 2.47 bits per heavy atom. The molecule has 0 radical (unpaired) electrons. The van der Waals surface area contributed by atoms with Gasteiger partial charge in [0.2, 0.25) is 0 Å². The quantitative estimate of drug-likeness (QED) is 0.772. The Bertz CT molecular complexity index is 316.